The molecule has 1 fully saturated rings. The van der Waals surface area contributed by atoms with E-state index in [0.717, 1.165) is 61.6 Å². The third-order valence-corrected chi connectivity index (χ3v) is 4.03. The Balaban J connectivity index is 1.58. The van der Waals surface area contributed by atoms with Crippen molar-refractivity contribution in [2.45, 2.75) is 25.7 Å². The van der Waals surface area contributed by atoms with Gasteiger partial charge in [-0.3, -0.25) is 4.79 Å². The number of hydrogen-bond acceptors (Lipinski definition) is 4. The fraction of sp³-hybridized carbons (Fsp3) is 0.471. The minimum absolute atomic E-state index is 0.121. The number of carbonyl (C=O) groups excluding carboxylic acids is 1. The Bertz CT molecular complexity index is 576. The molecule has 0 aliphatic carbocycles. The van der Waals surface area contributed by atoms with Crippen LogP contribution in [0.25, 0.3) is 0 Å². The Labute approximate surface area is 130 Å². The quantitative estimate of drug-likeness (QED) is 0.784. The normalized spacial score (nSPS) is 16.5. The average Bonchev–Trinajstić information content (AvgIpc) is 3.20. The summed E-state index contributed by atoms with van der Waals surface area (Å²) >= 11 is 0. The Morgan fingerprint density at radius 1 is 1.27 bits per heavy atom. The smallest absolute Gasteiger partial charge is 0.246 e. The van der Waals surface area contributed by atoms with Crippen molar-refractivity contribution in [1.82, 2.24) is 4.90 Å². The van der Waals surface area contributed by atoms with Crippen LogP contribution in [0.5, 0.6) is 17.2 Å². The van der Waals surface area contributed by atoms with Crippen LogP contribution in [-0.4, -0.2) is 37.8 Å². The van der Waals surface area contributed by atoms with Gasteiger partial charge in [-0.15, -0.1) is 0 Å². The van der Waals surface area contributed by atoms with Crippen molar-refractivity contribution >= 4 is 5.91 Å². The third kappa shape index (κ3) is 3.18. The molecule has 1 aromatic carbocycles. The van der Waals surface area contributed by atoms with E-state index in [1.165, 1.54) is 0 Å². The van der Waals surface area contributed by atoms with Gasteiger partial charge in [0, 0.05) is 19.2 Å². The summed E-state index contributed by atoms with van der Waals surface area (Å²) in [5.74, 6) is 2.40. The second kappa shape index (κ2) is 6.73. The van der Waals surface area contributed by atoms with E-state index in [2.05, 4.69) is 0 Å². The van der Waals surface area contributed by atoms with Gasteiger partial charge >= 0.3 is 0 Å². The zero-order valence-corrected chi connectivity index (χ0v) is 12.8. The van der Waals surface area contributed by atoms with Crippen LogP contribution in [0, 0.1) is 0 Å². The Hall–Kier alpha value is -2.17. The highest BCUT2D eigenvalue weighted by molar-refractivity contribution is 5.87. The molecule has 2 aliphatic rings. The van der Waals surface area contributed by atoms with E-state index < -0.39 is 0 Å². The summed E-state index contributed by atoms with van der Waals surface area (Å²) in [5.41, 5.74) is 1.06. The molecule has 2 aliphatic heterocycles. The molecule has 1 amide bonds. The maximum Gasteiger partial charge on any atom is 0.246 e. The maximum absolute atomic E-state index is 11.9. The summed E-state index contributed by atoms with van der Waals surface area (Å²) in [4.78, 5) is 13.8. The van der Waals surface area contributed by atoms with Gasteiger partial charge in [0.15, 0.2) is 11.5 Å². The van der Waals surface area contributed by atoms with Gasteiger partial charge in [0.1, 0.15) is 5.75 Å². The SMILES string of the molecule is COc1cc2c(cc1CC/C=C/C(=O)N1CCCC1)OCO2. The molecule has 118 valence electrons. The molecule has 1 saturated heterocycles. The Kier molecular flexibility index (Phi) is 4.51. The number of amides is 1. The number of benzene rings is 1. The van der Waals surface area contributed by atoms with Crippen molar-refractivity contribution in [3.05, 3.63) is 29.8 Å². The first-order valence-electron chi connectivity index (χ1n) is 7.70. The van der Waals surface area contributed by atoms with Gasteiger partial charge in [-0.05, 0) is 43.4 Å². The molecule has 0 spiro atoms. The van der Waals surface area contributed by atoms with Gasteiger partial charge in [-0.1, -0.05) is 6.08 Å². The molecule has 0 saturated carbocycles. The first kappa shape index (κ1) is 14.8. The van der Waals surface area contributed by atoms with Crippen LogP contribution in [-0.2, 0) is 11.2 Å². The van der Waals surface area contributed by atoms with E-state index in [4.69, 9.17) is 14.2 Å². The van der Waals surface area contributed by atoms with Crippen molar-refractivity contribution < 1.29 is 19.0 Å². The largest absolute Gasteiger partial charge is 0.496 e. The van der Waals surface area contributed by atoms with E-state index in [-0.39, 0.29) is 12.7 Å². The van der Waals surface area contributed by atoms with E-state index in [9.17, 15) is 4.79 Å². The number of carbonyl (C=O) groups is 1. The van der Waals surface area contributed by atoms with E-state index in [1.54, 1.807) is 13.2 Å². The number of rotatable bonds is 5. The minimum Gasteiger partial charge on any atom is -0.496 e. The predicted molar refractivity (Wildman–Crippen MR) is 82.4 cm³/mol. The highest BCUT2D eigenvalue weighted by atomic mass is 16.7. The van der Waals surface area contributed by atoms with Crippen LogP contribution < -0.4 is 14.2 Å². The van der Waals surface area contributed by atoms with Gasteiger partial charge in [-0.25, -0.2) is 0 Å². The summed E-state index contributed by atoms with van der Waals surface area (Å²) in [6, 6.07) is 3.81. The number of aryl methyl sites for hydroxylation is 1. The first-order chi connectivity index (χ1) is 10.8. The molecule has 1 aromatic rings. The minimum atomic E-state index is 0.121. The molecule has 0 aromatic heterocycles. The predicted octanol–water partition coefficient (Wildman–Crippen LogP) is 2.54. The van der Waals surface area contributed by atoms with Crippen LogP contribution >= 0.6 is 0 Å². The second-order valence-corrected chi connectivity index (χ2v) is 5.49. The topological polar surface area (TPSA) is 48.0 Å². The van der Waals surface area contributed by atoms with Crippen molar-refractivity contribution in [3.8, 4) is 17.2 Å². The molecular formula is C17H21NO4. The Morgan fingerprint density at radius 3 is 2.73 bits per heavy atom. The zero-order chi connectivity index (χ0) is 15.4. The fourth-order valence-corrected chi connectivity index (χ4v) is 2.82. The summed E-state index contributed by atoms with van der Waals surface area (Å²) in [7, 11) is 1.65. The molecular weight excluding hydrogens is 282 g/mol. The molecule has 0 radical (unpaired) electrons. The number of fused-ring (bicyclic) bond motifs is 1. The summed E-state index contributed by atoms with van der Waals surface area (Å²) in [5, 5.41) is 0. The lowest BCUT2D eigenvalue weighted by atomic mass is 10.1. The van der Waals surface area contributed by atoms with Crippen molar-refractivity contribution in [2.75, 3.05) is 27.0 Å². The van der Waals surface area contributed by atoms with E-state index >= 15 is 0 Å². The average molecular weight is 303 g/mol. The molecule has 22 heavy (non-hydrogen) atoms. The second-order valence-electron chi connectivity index (χ2n) is 5.49. The number of likely N-dealkylation sites (tertiary alicyclic amines) is 1. The van der Waals surface area contributed by atoms with Crippen LogP contribution in [0.4, 0.5) is 0 Å². The molecule has 0 atom stereocenters. The lowest BCUT2D eigenvalue weighted by Gasteiger charge is -2.12. The van der Waals surface area contributed by atoms with Gasteiger partial charge in [0.25, 0.3) is 0 Å². The van der Waals surface area contributed by atoms with Crippen molar-refractivity contribution in [3.63, 3.8) is 0 Å². The first-order valence-corrected chi connectivity index (χ1v) is 7.70. The maximum atomic E-state index is 11.9. The summed E-state index contributed by atoms with van der Waals surface area (Å²) < 4.78 is 16.1. The molecule has 3 rings (SSSR count). The van der Waals surface area contributed by atoms with Gasteiger partial charge in [-0.2, -0.15) is 0 Å². The third-order valence-electron chi connectivity index (χ3n) is 4.03. The monoisotopic (exact) mass is 303 g/mol. The highest BCUT2D eigenvalue weighted by Crippen LogP contribution is 2.38. The lowest BCUT2D eigenvalue weighted by molar-refractivity contribution is -0.125. The summed E-state index contributed by atoms with van der Waals surface area (Å²) in [6.07, 6.45) is 7.44. The number of allylic oxidation sites excluding steroid dienone is 1. The number of ether oxygens (including phenoxy) is 3. The summed E-state index contributed by atoms with van der Waals surface area (Å²) in [6.45, 7) is 2.03. The molecule has 2 heterocycles. The van der Waals surface area contributed by atoms with E-state index in [1.807, 2.05) is 23.1 Å². The molecule has 0 bridgehead atoms. The van der Waals surface area contributed by atoms with Gasteiger partial charge < -0.3 is 19.1 Å². The number of hydrogen-bond donors (Lipinski definition) is 0. The fourth-order valence-electron chi connectivity index (χ4n) is 2.82. The lowest BCUT2D eigenvalue weighted by Crippen LogP contribution is -2.25. The van der Waals surface area contributed by atoms with Crippen LogP contribution in [0.15, 0.2) is 24.3 Å². The number of methoxy groups -OCH3 is 1. The van der Waals surface area contributed by atoms with Crippen molar-refractivity contribution in [1.29, 1.82) is 0 Å². The van der Waals surface area contributed by atoms with Crippen LogP contribution in [0.2, 0.25) is 0 Å². The molecule has 0 unspecified atom stereocenters. The van der Waals surface area contributed by atoms with Crippen LogP contribution in [0.1, 0.15) is 24.8 Å². The zero-order valence-electron chi connectivity index (χ0n) is 12.8. The Morgan fingerprint density at radius 2 is 2.00 bits per heavy atom. The van der Waals surface area contributed by atoms with Gasteiger partial charge in [0.05, 0.1) is 7.11 Å². The number of nitrogens with zero attached hydrogens (tertiary/aromatic N) is 1. The van der Waals surface area contributed by atoms with Gasteiger partial charge in [0.2, 0.25) is 12.7 Å². The molecule has 5 heteroatoms. The van der Waals surface area contributed by atoms with Crippen LogP contribution in [0.3, 0.4) is 0 Å². The van der Waals surface area contributed by atoms with Crippen molar-refractivity contribution in [2.24, 2.45) is 0 Å². The highest BCUT2D eigenvalue weighted by Gasteiger charge is 2.17. The standard InChI is InChI=1S/C17H21NO4/c1-20-14-11-16-15(21-12-22-16)10-13(14)6-2-3-7-17(19)18-8-4-5-9-18/h3,7,10-11H,2,4-6,8-9,12H2,1H3/b7-3+. The molecule has 5 nitrogen and oxygen atoms in total. The van der Waals surface area contributed by atoms with E-state index in [0.29, 0.717) is 0 Å². The molecule has 0 N–H and O–H groups in total.